The number of ether oxygens (including phenoxy) is 1. The first-order valence-corrected chi connectivity index (χ1v) is 8.89. The Morgan fingerprint density at radius 2 is 1.68 bits per heavy atom. The van der Waals surface area contributed by atoms with Gasteiger partial charge >= 0.3 is 5.97 Å². The third-order valence-corrected chi connectivity index (χ3v) is 4.29. The maximum Gasteiger partial charge on any atom is 0.337 e. The minimum Gasteiger partial charge on any atom is -0.465 e. The van der Waals surface area contributed by atoms with E-state index in [4.69, 9.17) is 4.74 Å². The van der Waals surface area contributed by atoms with Gasteiger partial charge < -0.3 is 4.74 Å². The van der Waals surface area contributed by atoms with Crippen LogP contribution in [-0.4, -0.2) is 13.1 Å². The highest BCUT2D eigenvalue weighted by molar-refractivity contribution is 5.89. The van der Waals surface area contributed by atoms with Crippen LogP contribution in [0.3, 0.4) is 0 Å². The summed E-state index contributed by atoms with van der Waals surface area (Å²) in [4.78, 5) is 11.5. The molecule has 0 atom stereocenters. The Hall–Kier alpha value is -3.83. The van der Waals surface area contributed by atoms with Gasteiger partial charge in [0.1, 0.15) is 0 Å². The summed E-state index contributed by atoms with van der Waals surface area (Å²) in [7, 11) is 1.37. The van der Waals surface area contributed by atoms with Gasteiger partial charge in [-0.1, -0.05) is 73.0 Å². The molecule has 0 unspecified atom stereocenters. The molecule has 2 heteroatoms. The molecule has 0 heterocycles. The zero-order valence-electron chi connectivity index (χ0n) is 15.7. The zero-order valence-corrected chi connectivity index (χ0v) is 15.7. The van der Waals surface area contributed by atoms with Crippen LogP contribution in [-0.2, 0) is 4.74 Å². The van der Waals surface area contributed by atoms with Crippen LogP contribution in [0.5, 0.6) is 0 Å². The van der Waals surface area contributed by atoms with E-state index in [1.54, 1.807) is 12.1 Å². The number of methoxy groups -OCH3 is 1. The van der Waals surface area contributed by atoms with Crippen LogP contribution in [0.2, 0.25) is 0 Å². The smallest absolute Gasteiger partial charge is 0.337 e. The molecule has 0 radical (unpaired) electrons. The molecule has 2 nitrogen and oxygen atoms in total. The first-order chi connectivity index (χ1) is 13.7. The number of hydrogen-bond donors (Lipinski definition) is 0. The Kier molecular flexibility index (Phi) is 6.23. The summed E-state index contributed by atoms with van der Waals surface area (Å²) in [5.41, 5.74) is 5.85. The Labute approximate surface area is 165 Å². The highest BCUT2D eigenvalue weighted by Crippen LogP contribution is 2.25. The molecule has 0 aliphatic heterocycles. The van der Waals surface area contributed by atoms with E-state index in [9.17, 15) is 4.79 Å². The summed E-state index contributed by atoms with van der Waals surface area (Å²) in [6.07, 6.45) is 5.68. The molecular weight excluding hydrogens is 344 g/mol. The summed E-state index contributed by atoms with van der Waals surface area (Å²) in [5.74, 6) is 5.77. The fourth-order valence-corrected chi connectivity index (χ4v) is 2.77. The molecule has 0 saturated heterocycles. The van der Waals surface area contributed by atoms with Gasteiger partial charge in [0.2, 0.25) is 0 Å². The zero-order chi connectivity index (χ0) is 19.8. The first kappa shape index (κ1) is 18.9. The largest absolute Gasteiger partial charge is 0.465 e. The summed E-state index contributed by atoms with van der Waals surface area (Å²) in [6.45, 7) is 3.79. The van der Waals surface area contributed by atoms with Gasteiger partial charge in [0, 0.05) is 5.56 Å². The van der Waals surface area contributed by atoms with Gasteiger partial charge in [-0.05, 0) is 58.7 Å². The van der Waals surface area contributed by atoms with Crippen LogP contribution < -0.4 is 0 Å². The van der Waals surface area contributed by atoms with E-state index >= 15 is 0 Å². The Balaban J connectivity index is 1.77. The molecule has 136 valence electrons. The lowest BCUT2D eigenvalue weighted by molar-refractivity contribution is 0.0600. The normalized spacial score (nSPS) is 10.2. The molecule has 0 saturated carbocycles. The third kappa shape index (κ3) is 4.66. The van der Waals surface area contributed by atoms with Crippen LogP contribution in [0.4, 0.5) is 0 Å². The molecule has 0 amide bonds. The van der Waals surface area contributed by atoms with Crippen molar-refractivity contribution in [2.45, 2.75) is 0 Å². The van der Waals surface area contributed by atoms with E-state index in [0.717, 1.165) is 27.8 Å². The fraction of sp³-hybridized carbons (Fsp3) is 0.0385. The van der Waals surface area contributed by atoms with E-state index in [-0.39, 0.29) is 5.97 Å². The monoisotopic (exact) mass is 364 g/mol. The predicted molar refractivity (Wildman–Crippen MR) is 116 cm³/mol. The van der Waals surface area contributed by atoms with E-state index in [0.29, 0.717) is 5.56 Å². The highest BCUT2D eigenvalue weighted by atomic mass is 16.5. The molecule has 0 spiro atoms. The second kappa shape index (κ2) is 9.21. The minimum atomic E-state index is -0.350. The molecule has 0 fully saturated rings. The number of carbonyl (C=O) groups excluding carboxylic acids is 1. The van der Waals surface area contributed by atoms with Gasteiger partial charge in [0.15, 0.2) is 0 Å². The molecule has 3 aromatic rings. The molecule has 28 heavy (non-hydrogen) atoms. The summed E-state index contributed by atoms with van der Waals surface area (Å²) in [6, 6.07) is 23.6. The summed E-state index contributed by atoms with van der Waals surface area (Å²) >= 11 is 0. The average Bonchev–Trinajstić information content (AvgIpc) is 2.77. The molecule has 0 N–H and O–H groups in total. The molecule has 0 aromatic heterocycles. The molecule has 3 rings (SSSR count). The lowest BCUT2D eigenvalue weighted by Crippen LogP contribution is -2.00. The number of esters is 1. The van der Waals surface area contributed by atoms with Crippen molar-refractivity contribution in [2.24, 2.45) is 0 Å². The van der Waals surface area contributed by atoms with E-state index in [1.807, 2.05) is 42.5 Å². The fourth-order valence-electron chi connectivity index (χ4n) is 2.77. The highest BCUT2D eigenvalue weighted by Gasteiger charge is 2.03. The lowest BCUT2D eigenvalue weighted by Gasteiger charge is -2.06. The summed E-state index contributed by atoms with van der Waals surface area (Å²) < 4.78 is 4.69. The molecule has 3 aromatic carbocycles. The maximum atomic E-state index is 11.5. The first-order valence-electron chi connectivity index (χ1n) is 8.89. The molecule has 0 aliphatic rings. The number of hydrogen-bond acceptors (Lipinski definition) is 2. The SMILES string of the molecule is C=Cc1ccc(-c2ccccc2C=CC#Cc2ccc(C(=O)OC)cc2)cc1. The number of benzene rings is 3. The Morgan fingerprint density at radius 1 is 0.964 bits per heavy atom. The van der Waals surface area contributed by atoms with Crippen LogP contribution >= 0.6 is 0 Å². The molecular formula is C26H20O2. The van der Waals surface area contributed by atoms with Crippen molar-refractivity contribution in [1.82, 2.24) is 0 Å². The van der Waals surface area contributed by atoms with Crippen LogP contribution in [0.25, 0.3) is 23.3 Å². The van der Waals surface area contributed by atoms with Gasteiger partial charge in [-0.2, -0.15) is 0 Å². The van der Waals surface area contributed by atoms with Gasteiger partial charge in [-0.15, -0.1) is 0 Å². The number of rotatable bonds is 4. The van der Waals surface area contributed by atoms with Crippen molar-refractivity contribution in [2.75, 3.05) is 7.11 Å². The van der Waals surface area contributed by atoms with Gasteiger partial charge in [-0.25, -0.2) is 4.79 Å². The van der Waals surface area contributed by atoms with Crippen LogP contribution in [0, 0.1) is 11.8 Å². The second-order valence-corrected chi connectivity index (χ2v) is 6.08. The molecule has 0 bridgehead atoms. The Morgan fingerprint density at radius 3 is 2.36 bits per heavy atom. The summed E-state index contributed by atoms with van der Waals surface area (Å²) in [5, 5.41) is 0. The quantitative estimate of drug-likeness (QED) is 0.429. The number of allylic oxidation sites excluding steroid dienone is 1. The van der Waals surface area contributed by atoms with E-state index in [1.165, 1.54) is 7.11 Å². The predicted octanol–water partition coefficient (Wildman–Crippen LogP) is 5.85. The van der Waals surface area contributed by atoms with E-state index in [2.05, 4.69) is 54.8 Å². The van der Waals surface area contributed by atoms with Crippen LogP contribution in [0.1, 0.15) is 27.0 Å². The van der Waals surface area contributed by atoms with Crippen molar-refractivity contribution in [1.29, 1.82) is 0 Å². The van der Waals surface area contributed by atoms with Crippen molar-refractivity contribution >= 4 is 18.1 Å². The minimum absolute atomic E-state index is 0.350. The van der Waals surface area contributed by atoms with Crippen molar-refractivity contribution in [3.05, 3.63) is 108 Å². The van der Waals surface area contributed by atoms with Gasteiger partial charge in [0.05, 0.1) is 12.7 Å². The maximum absolute atomic E-state index is 11.5. The second-order valence-electron chi connectivity index (χ2n) is 6.08. The average molecular weight is 364 g/mol. The van der Waals surface area contributed by atoms with Crippen molar-refractivity contribution in [3.8, 4) is 23.0 Å². The van der Waals surface area contributed by atoms with Crippen LogP contribution in [0.15, 0.2) is 85.5 Å². The molecule has 0 aliphatic carbocycles. The van der Waals surface area contributed by atoms with Gasteiger partial charge in [0.25, 0.3) is 0 Å². The van der Waals surface area contributed by atoms with Crippen molar-refractivity contribution in [3.63, 3.8) is 0 Å². The standard InChI is InChI=1S/C26H20O2/c1-3-20-12-16-23(17-13-20)25-11-7-6-10-22(25)9-5-4-8-21-14-18-24(19-15-21)26(27)28-2/h3,5-7,9-19H,1H2,2H3. The van der Waals surface area contributed by atoms with Crippen molar-refractivity contribution < 1.29 is 9.53 Å². The topological polar surface area (TPSA) is 26.3 Å². The van der Waals surface area contributed by atoms with E-state index < -0.39 is 0 Å². The lowest BCUT2D eigenvalue weighted by atomic mass is 9.98. The Bertz CT molecular complexity index is 1060. The third-order valence-electron chi connectivity index (χ3n) is 4.29. The number of carbonyl (C=O) groups is 1. The van der Waals surface area contributed by atoms with Gasteiger partial charge in [-0.3, -0.25) is 0 Å².